The second-order valence-electron chi connectivity index (χ2n) is 10.7. The molecule has 0 saturated carbocycles. The van der Waals surface area contributed by atoms with E-state index in [-0.39, 0.29) is 11.7 Å². The van der Waals surface area contributed by atoms with Crippen molar-refractivity contribution >= 4 is 18.1 Å². The van der Waals surface area contributed by atoms with Crippen molar-refractivity contribution in [2.75, 3.05) is 0 Å². The second kappa shape index (κ2) is 23.2. The van der Waals surface area contributed by atoms with Crippen LogP contribution in [-0.4, -0.2) is 24.3 Å². The number of halogens is 4. The van der Waals surface area contributed by atoms with Crippen LogP contribution < -0.4 is 15.1 Å². The number of nitrogens with one attached hydrogen (secondary N) is 1. The number of carboxylic acids is 1. The molecule has 0 spiro atoms. The zero-order chi connectivity index (χ0) is 31.8. The summed E-state index contributed by atoms with van der Waals surface area (Å²) in [6.45, 7) is 3.26. The van der Waals surface area contributed by atoms with Crippen LogP contribution in [0.15, 0.2) is 53.9 Å². The number of aromatic nitrogens is 1. The van der Waals surface area contributed by atoms with E-state index < -0.39 is 12.1 Å². The van der Waals surface area contributed by atoms with Gasteiger partial charge in [0.25, 0.3) is 5.91 Å². The third-order valence-electron chi connectivity index (χ3n) is 6.90. The van der Waals surface area contributed by atoms with Gasteiger partial charge in [0.1, 0.15) is 18.3 Å². The number of rotatable bonds is 20. The van der Waals surface area contributed by atoms with E-state index in [0.717, 1.165) is 18.5 Å². The smallest absolute Gasteiger partial charge is 0.430 e. The van der Waals surface area contributed by atoms with Crippen molar-refractivity contribution in [1.29, 1.82) is 0 Å². The lowest BCUT2D eigenvalue weighted by atomic mass is 10.0. The van der Waals surface area contributed by atoms with E-state index in [4.69, 9.17) is 9.90 Å². The fourth-order valence-corrected chi connectivity index (χ4v) is 4.38. The number of carbonyl (C=O) groups excluding carboxylic acids is 2. The van der Waals surface area contributed by atoms with E-state index in [9.17, 15) is 22.4 Å². The third kappa shape index (κ3) is 20.3. The molecule has 1 heterocycles. The van der Waals surface area contributed by atoms with Crippen LogP contribution in [0, 0.1) is 5.82 Å². The molecule has 0 aliphatic heterocycles. The molecule has 0 unspecified atom stereocenters. The van der Waals surface area contributed by atoms with Gasteiger partial charge in [-0.15, -0.1) is 0 Å². The Balaban J connectivity index is 0.00000117. The molecule has 6 nitrogen and oxygen atoms in total. The molecule has 2 rings (SSSR count). The first-order valence-electron chi connectivity index (χ1n) is 15.5. The number of aryl methyl sites for hydroxylation is 1. The Morgan fingerprint density at radius 2 is 1.19 bits per heavy atom. The zero-order valence-electron chi connectivity index (χ0n) is 25.3. The summed E-state index contributed by atoms with van der Waals surface area (Å²) in [5.74, 6) is -3.57. The highest BCUT2D eigenvalue weighted by Gasteiger charge is 2.28. The molecule has 1 aromatic heterocycles. The lowest BCUT2D eigenvalue weighted by Crippen LogP contribution is -2.37. The van der Waals surface area contributed by atoms with Gasteiger partial charge in [-0.3, -0.25) is 4.79 Å². The van der Waals surface area contributed by atoms with Gasteiger partial charge in [-0.1, -0.05) is 109 Å². The molecule has 1 N–H and O–H groups in total. The van der Waals surface area contributed by atoms with Crippen LogP contribution in [0.5, 0.6) is 0 Å². The normalized spacial score (nSPS) is 11.3. The van der Waals surface area contributed by atoms with Crippen LogP contribution in [0.25, 0.3) is 0 Å². The van der Waals surface area contributed by atoms with Gasteiger partial charge in [-0.25, -0.2) is 14.4 Å². The predicted molar refractivity (Wildman–Crippen MR) is 159 cm³/mol. The predicted octanol–water partition coefficient (Wildman–Crippen LogP) is 7.44. The van der Waals surface area contributed by atoms with E-state index >= 15 is 0 Å². The minimum absolute atomic E-state index is 0.261. The highest BCUT2D eigenvalue weighted by Crippen LogP contribution is 2.14. The second-order valence-corrected chi connectivity index (χ2v) is 10.7. The quantitative estimate of drug-likeness (QED) is 0.0557. The third-order valence-corrected chi connectivity index (χ3v) is 6.90. The number of hydrogen-bond acceptors (Lipinski definition) is 4. The van der Waals surface area contributed by atoms with Crippen molar-refractivity contribution in [2.45, 2.75) is 122 Å². The number of carboxylic acid groups (broad SMARTS) is 1. The molecule has 0 saturated heterocycles. The van der Waals surface area contributed by atoms with Gasteiger partial charge in [0.15, 0.2) is 12.4 Å². The molecule has 0 bridgehead atoms. The lowest BCUT2D eigenvalue weighted by molar-refractivity contribution is -0.697. The number of alkyl halides is 3. The Labute approximate surface area is 253 Å². The molecule has 0 aliphatic rings. The van der Waals surface area contributed by atoms with Gasteiger partial charge in [0, 0.05) is 18.6 Å². The molecule has 0 fully saturated rings. The van der Waals surface area contributed by atoms with Crippen LogP contribution in [0.3, 0.4) is 0 Å². The molecule has 1 amide bonds. The molecule has 0 radical (unpaired) electrons. The van der Waals surface area contributed by atoms with Crippen molar-refractivity contribution in [2.24, 2.45) is 5.10 Å². The fourth-order valence-electron chi connectivity index (χ4n) is 4.38. The number of hydrazone groups is 1. The van der Waals surface area contributed by atoms with E-state index in [2.05, 4.69) is 22.0 Å². The summed E-state index contributed by atoms with van der Waals surface area (Å²) in [6, 6.07) is 9.56. The first-order valence-corrected chi connectivity index (χ1v) is 15.5. The average Bonchev–Trinajstić information content (AvgIpc) is 2.98. The number of benzene rings is 1. The molecular weight excluding hydrogens is 562 g/mol. The number of unbranched alkanes of at least 4 members (excludes halogenated alkanes) is 15. The number of carbonyl (C=O) groups is 2. The van der Waals surface area contributed by atoms with Gasteiger partial charge in [0.05, 0.1) is 11.8 Å². The monoisotopic (exact) mass is 609 g/mol. The Morgan fingerprint density at radius 3 is 1.60 bits per heavy atom. The summed E-state index contributed by atoms with van der Waals surface area (Å²) < 4.78 is 46.6. The largest absolute Gasteiger partial charge is 0.542 e. The molecule has 10 heteroatoms. The highest BCUT2D eigenvalue weighted by molar-refractivity contribution is 5.94. The van der Waals surface area contributed by atoms with Gasteiger partial charge in [0.2, 0.25) is 0 Å². The number of aliphatic carboxylic acids is 1. The van der Waals surface area contributed by atoms with Crippen molar-refractivity contribution in [1.82, 2.24) is 5.43 Å². The molecule has 2 aromatic rings. The number of pyridine rings is 1. The van der Waals surface area contributed by atoms with Gasteiger partial charge < -0.3 is 9.90 Å². The minimum atomic E-state index is -5.19. The molecule has 0 atom stereocenters. The maximum Gasteiger partial charge on any atom is 0.430 e. The van der Waals surface area contributed by atoms with Crippen molar-refractivity contribution in [3.63, 3.8) is 0 Å². The molecule has 1 aromatic carbocycles. The summed E-state index contributed by atoms with van der Waals surface area (Å²) >= 11 is 0. The minimum Gasteiger partial charge on any atom is -0.542 e. The number of nitrogens with zero attached hydrogens (tertiary/aromatic N) is 2. The average molecular weight is 610 g/mol. The van der Waals surface area contributed by atoms with Crippen molar-refractivity contribution in [3.05, 3.63) is 65.7 Å². The van der Waals surface area contributed by atoms with Gasteiger partial charge >= 0.3 is 6.18 Å². The van der Waals surface area contributed by atoms with E-state index in [1.54, 1.807) is 12.1 Å². The van der Waals surface area contributed by atoms with E-state index in [1.165, 1.54) is 115 Å². The maximum atomic E-state index is 12.9. The van der Waals surface area contributed by atoms with Crippen LogP contribution >= 0.6 is 0 Å². The van der Waals surface area contributed by atoms with Crippen LogP contribution in [0.4, 0.5) is 17.6 Å². The summed E-state index contributed by atoms with van der Waals surface area (Å²) in [6.07, 6.45) is 22.2. The first kappa shape index (κ1) is 37.7. The summed E-state index contributed by atoms with van der Waals surface area (Å²) in [5.41, 5.74) is 3.80. The van der Waals surface area contributed by atoms with E-state index in [1.807, 2.05) is 24.5 Å². The zero-order valence-corrected chi connectivity index (χ0v) is 25.3. The van der Waals surface area contributed by atoms with Crippen LogP contribution in [0.2, 0.25) is 0 Å². The van der Waals surface area contributed by atoms with Crippen LogP contribution in [0.1, 0.15) is 126 Å². The summed E-state index contributed by atoms with van der Waals surface area (Å²) in [7, 11) is 0. The van der Waals surface area contributed by atoms with Gasteiger partial charge in [-0.2, -0.15) is 18.3 Å². The molecule has 240 valence electrons. The Hall–Kier alpha value is -3.30. The van der Waals surface area contributed by atoms with Crippen molar-refractivity contribution in [3.8, 4) is 0 Å². The highest BCUT2D eigenvalue weighted by atomic mass is 19.4. The standard InChI is InChI=1S/C31H46FN3O.C2HF3O2/c1-2-3-4-5-6-7-8-9-10-11-12-13-14-15-16-17-24-35-25-22-29(23-26-35)31(36)34-33-27-28-18-20-30(32)21-19-28;3-2(4,5)1(6)7/h18-23,25-27H,2-17,24H2,1H3;(H,6,7). The number of hydrogen-bond donors (Lipinski definition) is 1. The lowest BCUT2D eigenvalue weighted by Gasteiger charge is -2.03. The topological polar surface area (TPSA) is 85.5 Å². The first-order chi connectivity index (χ1) is 20.6. The molecule has 43 heavy (non-hydrogen) atoms. The summed E-state index contributed by atoms with van der Waals surface area (Å²) in [4.78, 5) is 21.0. The maximum absolute atomic E-state index is 12.9. The Morgan fingerprint density at radius 1 is 0.767 bits per heavy atom. The Bertz CT molecular complexity index is 1040. The number of amides is 1. The molecular formula is C33H47F4N3O3. The van der Waals surface area contributed by atoms with Crippen molar-refractivity contribution < 1.29 is 36.8 Å². The SMILES string of the molecule is CCCCCCCCCCCCCCCCCC[n+]1ccc(C(=O)NN=Cc2ccc(F)cc2)cc1.O=C([O-])C(F)(F)F. The van der Waals surface area contributed by atoms with Gasteiger partial charge in [-0.05, 0) is 24.1 Å². The van der Waals surface area contributed by atoms with Crippen LogP contribution in [-0.2, 0) is 11.3 Å². The summed E-state index contributed by atoms with van der Waals surface area (Å²) in [5, 5.41) is 12.7. The molecule has 0 aliphatic carbocycles. The van der Waals surface area contributed by atoms with E-state index in [0.29, 0.717) is 5.56 Å². The fraction of sp³-hybridized carbons (Fsp3) is 0.576. The Kier molecular flexibility index (Phi) is 20.3.